The molecule has 0 bridgehead atoms. The second-order valence-electron chi connectivity index (χ2n) is 7.05. The first-order chi connectivity index (χ1) is 15.4. The van der Waals surface area contributed by atoms with Gasteiger partial charge in [0.25, 0.3) is 5.69 Å². The first kappa shape index (κ1) is 20.9. The number of hydrogen-bond acceptors (Lipinski definition) is 6. The molecule has 0 fully saturated rings. The number of carbonyl (C=O) groups is 1. The summed E-state index contributed by atoms with van der Waals surface area (Å²) in [6, 6.07) is 17.5. The summed E-state index contributed by atoms with van der Waals surface area (Å²) in [5.74, 6) is -0.432. The summed E-state index contributed by atoms with van der Waals surface area (Å²) in [5.41, 5.74) is 2.19. The molecule has 0 unspecified atom stereocenters. The van der Waals surface area contributed by atoms with Gasteiger partial charge in [0.1, 0.15) is 18.2 Å². The number of halogens is 1. The molecule has 3 aromatic carbocycles. The maximum Gasteiger partial charge on any atom is 0.363 e. The lowest BCUT2D eigenvalue weighted by atomic mass is 10.1. The van der Waals surface area contributed by atoms with Crippen LogP contribution in [0.5, 0.6) is 5.75 Å². The van der Waals surface area contributed by atoms with Crippen LogP contribution in [0.1, 0.15) is 22.3 Å². The Bertz CT molecular complexity index is 1280. The van der Waals surface area contributed by atoms with Gasteiger partial charge in [0.05, 0.1) is 4.92 Å². The minimum absolute atomic E-state index is 0.0289. The maximum atomic E-state index is 13.4. The van der Waals surface area contributed by atoms with E-state index in [1.807, 2.05) is 0 Å². The van der Waals surface area contributed by atoms with E-state index in [0.717, 1.165) is 0 Å². The highest BCUT2D eigenvalue weighted by Gasteiger charge is 2.25. The minimum atomic E-state index is -0.643. The van der Waals surface area contributed by atoms with Gasteiger partial charge in [-0.1, -0.05) is 30.3 Å². The van der Waals surface area contributed by atoms with Gasteiger partial charge >= 0.3 is 5.97 Å². The molecule has 1 heterocycles. The van der Waals surface area contributed by atoms with Gasteiger partial charge in [-0.15, -0.1) is 0 Å². The molecule has 0 saturated heterocycles. The Kier molecular flexibility index (Phi) is 5.76. The van der Waals surface area contributed by atoms with Crippen LogP contribution >= 0.6 is 0 Å². The van der Waals surface area contributed by atoms with E-state index in [9.17, 15) is 19.3 Å². The Morgan fingerprint density at radius 3 is 2.69 bits per heavy atom. The Hall–Kier alpha value is -4.33. The smallest absolute Gasteiger partial charge is 0.363 e. The molecule has 0 aliphatic carbocycles. The molecule has 32 heavy (non-hydrogen) atoms. The van der Waals surface area contributed by atoms with E-state index >= 15 is 0 Å². The van der Waals surface area contributed by atoms with Crippen LogP contribution in [0.4, 0.5) is 10.1 Å². The van der Waals surface area contributed by atoms with Crippen molar-refractivity contribution in [2.45, 2.75) is 13.5 Å². The number of cyclic esters (lactones) is 1. The molecule has 0 amide bonds. The fourth-order valence-corrected chi connectivity index (χ4v) is 3.19. The predicted octanol–water partition coefficient (Wildman–Crippen LogP) is 4.97. The Morgan fingerprint density at radius 1 is 1.12 bits per heavy atom. The van der Waals surface area contributed by atoms with Crippen molar-refractivity contribution in [1.82, 2.24) is 0 Å². The van der Waals surface area contributed by atoms with Crippen LogP contribution in [0.3, 0.4) is 0 Å². The van der Waals surface area contributed by atoms with Crippen LogP contribution in [-0.4, -0.2) is 16.8 Å². The number of nitrogens with zero attached hydrogens (tertiary/aromatic N) is 2. The van der Waals surface area contributed by atoms with E-state index in [4.69, 9.17) is 9.47 Å². The summed E-state index contributed by atoms with van der Waals surface area (Å²) in [6.45, 7) is 1.75. The van der Waals surface area contributed by atoms with E-state index in [0.29, 0.717) is 28.0 Å². The van der Waals surface area contributed by atoms with Gasteiger partial charge in [-0.05, 0) is 48.9 Å². The number of benzene rings is 3. The zero-order chi connectivity index (χ0) is 22.7. The molecule has 0 aromatic heterocycles. The number of rotatable bonds is 6. The number of aryl methyl sites for hydroxylation is 1. The molecule has 0 atom stereocenters. The number of carbonyl (C=O) groups excluding carboxylic acids is 1. The predicted molar refractivity (Wildman–Crippen MR) is 116 cm³/mol. The van der Waals surface area contributed by atoms with E-state index in [1.165, 1.54) is 30.3 Å². The monoisotopic (exact) mass is 432 g/mol. The lowest BCUT2D eigenvalue weighted by Gasteiger charge is -2.09. The normalized spacial score (nSPS) is 14.2. The average molecular weight is 432 g/mol. The molecule has 0 N–H and O–H groups in total. The van der Waals surface area contributed by atoms with Gasteiger partial charge in [-0.3, -0.25) is 10.1 Å². The Balaban J connectivity index is 1.59. The van der Waals surface area contributed by atoms with Crippen molar-refractivity contribution in [3.63, 3.8) is 0 Å². The molecule has 0 spiro atoms. The molecule has 0 saturated carbocycles. The topological polar surface area (TPSA) is 91.0 Å². The highest BCUT2D eigenvalue weighted by molar-refractivity contribution is 6.13. The van der Waals surface area contributed by atoms with Crippen molar-refractivity contribution < 1.29 is 23.6 Å². The molecule has 8 heteroatoms. The lowest BCUT2D eigenvalue weighted by molar-refractivity contribution is -0.385. The van der Waals surface area contributed by atoms with Gasteiger partial charge < -0.3 is 9.47 Å². The van der Waals surface area contributed by atoms with Gasteiger partial charge in [-0.25, -0.2) is 14.2 Å². The van der Waals surface area contributed by atoms with Crippen molar-refractivity contribution in [2.24, 2.45) is 4.99 Å². The molecule has 1 aliphatic heterocycles. The molecule has 4 rings (SSSR count). The van der Waals surface area contributed by atoms with Crippen LogP contribution in [0.15, 0.2) is 77.4 Å². The van der Waals surface area contributed by atoms with Crippen molar-refractivity contribution in [2.75, 3.05) is 0 Å². The minimum Gasteiger partial charge on any atom is -0.488 e. The SMILES string of the molecule is Cc1cc(C2=N/C(=C\c3ccccc3OCc3cccc(F)c3)C(=O)O2)ccc1[N+](=O)[O-]. The largest absolute Gasteiger partial charge is 0.488 e. The fraction of sp³-hybridized carbons (Fsp3) is 0.0833. The van der Waals surface area contributed by atoms with Gasteiger partial charge in [0.2, 0.25) is 5.90 Å². The molecule has 1 aliphatic rings. The summed E-state index contributed by atoms with van der Waals surface area (Å²) >= 11 is 0. The lowest BCUT2D eigenvalue weighted by Crippen LogP contribution is -2.06. The quantitative estimate of drug-likeness (QED) is 0.237. The summed E-state index contributed by atoms with van der Waals surface area (Å²) < 4.78 is 24.5. The summed E-state index contributed by atoms with van der Waals surface area (Å²) in [7, 11) is 0. The van der Waals surface area contributed by atoms with Crippen LogP contribution in [0, 0.1) is 22.9 Å². The number of esters is 1. The van der Waals surface area contributed by atoms with Gasteiger partial charge in [-0.2, -0.15) is 0 Å². The summed E-state index contributed by atoms with van der Waals surface area (Å²) in [4.78, 5) is 27.1. The standard InChI is InChI=1S/C24H17FN2O5/c1-15-11-18(9-10-21(15)27(29)30)23-26-20(24(28)32-23)13-17-6-2-3-8-22(17)31-14-16-5-4-7-19(25)12-16/h2-13H,14H2,1H3/b20-13-. The first-order valence-electron chi connectivity index (χ1n) is 9.65. The third kappa shape index (κ3) is 4.54. The molecule has 3 aromatic rings. The van der Waals surface area contributed by atoms with Gasteiger partial charge in [0.15, 0.2) is 5.70 Å². The number of aliphatic imine (C=N–C) groups is 1. The van der Waals surface area contributed by atoms with E-state index < -0.39 is 10.9 Å². The van der Waals surface area contributed by atoms with Crippen LogP contribution in [-0.2, 0) is 16.1 Å². The third-order valence-corrected chi connectivity index (χ3v) is 4.76. The number of hydrogen-bond donors (Lipinski definition) is 0. The van der Waals surface area contributed by atoms with E-state index in [2.05, 4.69) is 4.99 Å². The molecule has 0 radical (unpaired) electrons. The van der Waals surface area contributed by atoms with Crippen LogP contribution < -0.4 is 4.74 Å². The average Bonchev–Trinajstić information content (AvgIpc) is 3.13. The van der Waals surface area contributed by atoms with Crippen molar-refractivity contribution in [1.29, 1.82) is 0 Å². The first-order valence-corrected chi connectivity index (χ1v) is 9.65. The molecular formula is C24H17FN2O5. The highest BCUT2D eigenvalue weighted by Crippen LogP contribution is 2.27. The number of para-hydroxylation sites is 1. The maximum absolute atomic E-state index is 13.4. The fourth-order valence-electron chi connectivity index (χ4n) is 3.19. The zero-order valence-corrected chi connectivity index (χ0v) is 16.9. The zero-order valence-electron chi connectivity index (χ0n) is 16.9. The Labute approximate surface area is 182 Å². The van der Waals surface area contributed by atoms with Crippen molar-refractivity contribution >= 4 is 23.6 Å². The second kappa shape index (κ2) is 8.81. The second-order valence-corrected chi connectivity index (χ2v) is 7.05. The van der Waals surface area contributed by atoms with Crippen LogP contribution in [0.25, 0.3) is 6.08 Å². The Morgan fingerprint density at radius 2 is 1.94 bits per heavy atom. The highest BCUT2D eigenvalue weighted by atomic mass is 19.1. The van der Waals surface area contributed by atoms with Crippen molar-refractivity contribution in [3.8, 4) is 5.75 Å². The third-order valence-electron chi connectivity index (χ3n) is 4.76. The number of ether oxygens (including phenoxy) is 2. The molecule has 7 nitrogen and oxygen atoms in total. The molecule has 160 valence electrons. The summed E-state index contributed by atoms with van der Waals surface area (Å²) in [5, 5.41) is 11.0. The van der Waals surface area contributed by atoms with Crippen molar-refractivity contribution in [3.05, 3.63) is 111 Å². The number of nitro benzene ring substituents is 1. The summed E-state index contributed by atoms with van der Waals surface area (Å²) in [6.07, 6.45) is 1.54. The van der Waals surface area contributed by atoms with E-state index in [-0.39, 0.29) is 29.7 Å². The van der Waals surface area contributed by atoms with Gasteiger partial charge in [0, 0.05) is 22.8 Å². The van der Waals surface area contributed by atoms with Crippen LogP contribution in [0.2, 0.25) is 0 Å². The molecular weight excluding hydrogens is 415 g/mol. The van der Waals surface area contributed by atoms with E-state index in [1.54, 1.807) is 49.4 Å². The number of nitro groups is 1.